The summed E-state index contributed by atoms with van der Waals surface area (Å²) in [6.07, 6.45) is 0. The number of nitrogen functional groups attached to an aromatic ring is 3. The van der Waals surface area contributed by atoms with E-state index < -0.39 is 0 Å². The summed E-state index contributed by atoms with van der Waals surface area (Å²) in [5.74, 6) is 0. The molecule has 6 N–H and O–H groups in total. The Balaban J connectivity index is 2.17. The second-order valence-electron chi connectivity index (χ2n) is 5.52. The van der Waals surface area contributed by atoms with Gasteiger partial charge in [-0.15, -0.1) is 0 Å². The molecule has 0 atom stereocenters. The lowest BCUT2D eigenvalue weighted by Crippen LogP contribution is -1.97. The molecule has 0 aliphatic heterocycles. The van der Waals surface area contributed by atoms with Crippen molar-refractivity contribution in [3.63, 3.8) is 0 Å². The van der Waals surface area contributed by atoms with Crippen molar-refractivity contribution in [3.05, 3.63) is 66.2 Å². The second kappa shape index (κ2) is 5.45. The second-order valence-corrected chi connectivity index (χ2v) is 5.52. The number of benzene rings is 3. The van der Waals surface area contributed by atoms with E-state index in [0.29, 0.717) is 5.69 Å². The lowest BCUT2D eigenvalue weighted by molar-refractivity contribution is 1.47. The highest BCUT2D eigenvalue weighted by atomic mass is 14.6. The first-order chi connectivity index (χ1) is 10.5. The molecule has 0 bridgehead atoms. The van der Waals surface area contributed by atoms with Crippen LogP contribution in [-0.2, 0) is 0 Å². The van der Waals surface area contributed by atoms with Gasteiger partial charge in [-0.2, -0.15) is 0 Å². The highest BCUT2D eigenvalue weighted by molar-refractivity contribution is 5.91. The first-order valence-corrected chi connectivity index (χ1v) is 7.16. The molecule has 0 fully saturated rings. The molecule has 0 aliphatic carbocycles. The van der Waals surface area contributed by atoms with Gasteiger partial charge in [0.2, 0.25) is 0 Å². The van der Waals surface area contributed by atoms with Gasteiger partial charge in [0.1, 0.15) is 0 Å². The smallest absolute Gasteiger partial charge is 0.0474 e. The Hall–Kier alpha value is -2.94. The average molecular weight is 289 g/mol. The van der Waals surface area contributed by atoms with Crippen molar-refractivity contribution in [3.8, 4) is 22.3 Å². The Morgan fingerprint density at radius 1 is 0.591 bits per heavy atom. The zero-order valence-electron chi connectivity index (χ0n) is 12.5. The molecular weight excluding hydrogens is 270 g/mol. The Labute approximate surface area is 130 Å². The van der Waals surface area contributed by atoms with Crippen LogP contribution in [0.3, 0.4) is 0 Å². The number of rotatable bonds is 2. The van der Waals surface area contributed by atoms with Gasteiger partial charge in [-0.25, -0.2) is 0 Å². The fourth-order valence-corrected chi connectivity index (χ4v) is 2.55. The third-order valence-corrected chi connectivity index (χ3v) is 3.79. The van der Waals surface area contributed by atoms with Crippen LogP contribution in [0.1, 0.15) is 5.56 Å². The first kappa shape index (κ1) is 14.0. The molecule has 3 aromatic rings. The Kier molecular flexibility index (Phi) is 3.47. The van der Waals surface area contributed by atoms with E-state index in [1.54, 1.807) is 0 Å². The summed E-state index contributed by atoms with van der Waals surface area (Å²) < 4.78 is 0. The zero-order chi connectivity index (χ0) is 15.7. The summed E-state index contributed by atoms with van der Waals surface area (Å²) in [6.45, 7) is 2.06. The zero-order valence-corrected chi connectivity index (χ0v) is 12.5. The number of hydrogen-bond acceptors (Lipinski definition) is 3. The van der Waals surface area contributed by atoms with E-state index in [9.17, 15) is 0 Å². The van der Waals surface area contributed by atoms with Gasteiger partial charge in [-0.05, 0) is 42.3 Å². The summed E-state index contributed by atoms with van der Waals surface area (Å²) in [5, 5.41) is 0. The van der Waals surface area contributed by atoms with Crippen LogP contribution in [0, 0.1) is 6.92 Å². The van der Waals surface area contributed by atoms with Crippen molar-refractivity contribution >= 4 is 17.1 Å². The molecular formula is C19H19N3. The highest BCUT2D eigenvalue weighted by Crippen LogP contribution is 2.37. The fraction of sp³-hybridized carbons (Fsp3) is 0.0526. The summed E-state index contributed by atoms with van der Waals surface area (Å²) in [6, 6.07) is 19.7. The molecule has 3 nitrogen and oxygen atoms in total. The molecule has 0 unspecified atom stereocenters. The van der Waals surface area contributed by atoms with Crippen molar-refractivity contribution in [1.29, 1.82) is 0 Å². The molecule has 3 heteroatoms. The minimum absolute atomic E-state index is 0.691. The van der Waals surface area contributed by atoms with Crippen LogP contribution >= 0.6 is 0 Å². The van der Waals surface area contributed by atoms with Crippen LogP contribution < -0.4 is 17.2 Å². The van der Waals surface area contributed by atoms with E-state index in [-0.39, 0.29) is 0 Å². The summed E-state index contributed by atoms with van der Waals surface area (Å²) in [5.41, 5.74) is 25.5. The van der Waals surface area contributed by atoms with Gasteiger partial charge in [-0.1, -0.05) is 42.0 Å². The number of hydrogen-bond donors (Lipinski definition) is 3. The van der Waals surface area contributed by atoms with Crippen LogP contribution in [0.15, 0.2) is 60.7 Å². The Morgan fingerprint density at radius 2 is 1.05 bits per heavy atom. The van der Waals surface area contributed by atoms with Crippen molar-refractivity contribution in [1.82, 2.24) is 0 Å². The minimum atomic E-state index is 0.691. The SMILES string of the molecule is Cc1ccc(-c2cc(N)cc(-c3ccc(N)cc3)c2N)cc1. The highest BCUT2D eigenvalue weighted by Gasteiger charge is 2.11. The number of aryl methyl sites for hydroxylation is 1. The van der Waals surface area contributed by atoms with Crippen molar-refractivity contribution < 1.29 is 0 Å². The predicted molar refractivity (Wildman–Crippen MR) is 95.3 cm³/mol. The normalized spacial score (nSPS) is 10.6. The van der Waals surface area contributed by atoms with Crippen LogP contribution in [0.25, 0.3) is 22.3 Å². The van der Waals surface area contributed by atoms with E-state index in [1.165, 1.54) is 5.56 Å². The van der Waals surface area contributed by atoms with E-state index in [0.717, 1.165) is 33.6 Å². The molecule has 110 valence electrons. The maximum Gasteiger partial charge on any atom is 0.0474 e. The standard InChI is InChI=1S/C19H19N3/c1-12-2-4-13(5-3-12)17-10-16(21)11-18(19(17)22)14-6-8-15(20)9-7-14/h2-11H,20-22H2,1H3. The van der Waals surface area contributed by atoms with Crippen molar-refractivity contribution in [2.45, 2.75) is 6.92 Å². The average Bonchev–Trinajstić information content (AvgIpc) is 2.51. The molecule has 0 aliphatic rings. The Bertz CT molecular complexity index is 737. The third-order valence-electron chi connectivity index (χ3n) is 3.79. The van der Waals surface area contributed by atoms with Crippen LogP contribution in [0.5, 0.6) is 0 Å². The predicted octanol–water partition coefficient (Wildman–Crippen LogP) is 4.08. The lowest BCUT2D eigenvalue weighted by atomic mass is 9.95. The fourth-order valence-electron chi connectivity index (χ4n) is 2.55. The molecule has 0 amide bonds. The molecule has 3 aromatic carbocycles. The number of anilines is 3. The summed E-state index contributed by atoms with van der Waals surface area (Å²) >= 11 is 0. The maximum atomic E-state index is 6.41. The topological polar surface area (TPSA) is 78.1 Å². The van der Waals surface area contributed by atoms with Gasteiger partial charge >= 0.3 is 0 Å². The summed E-state index contributed by atoms with van der Waals surface area (Å²) in [7, 11) is 0. The monoisotopic (exact) mass is 289 g/mol. The van der Waals surface area contributed by atoms with Crippen molar-refractivity contribution in [2.24, 2.45) is 0 Å². The van der Waals surface area contributed by atoms with Gasteiger partial charge in [0.15, 0.2) is 0 Å². The van der Waals surface area contributed by atoms with E-state index >= 15 is 0 Å². The minimum Gasteiger partial charge on any atom is -0.399 e. The van der Waals surface area contributed by atoms with Gasteiger partial charge in [-0.3, -0.25) is 0 Å². The van der Waals surface area contributed by atoms with Gasteiger partial charge < -0.3 is 17.2 Å². The Morgan fingerprint density at radius 3 is 1.55 bits per heavy atom. The molecule has 22 heavy (non-hydrogen) atoms. The number of nitrogens with two attached hydrogens (primary N) is 3. The van der Waals surface area contributed by atoms with E-state index in [4.69, 9.17) is 17.2 Å². The van der Waals surface area contributed by atoms with Crippen LogP contribution in [0.4, 0.5) is 17.1 Å². The third kappa shape index (κ3) is 2.61. The molecule has 3 rings (SSSR count). The van der Waals surface area contributed by atoms with Crippen LogP contribution in [-0.4, -0.2) is 0 Å². The summed E-state index contributed by atoms with van der Waals surface area (Å²) in [4.78, 5) is 0. The molecule has 0 spiro atoms. The quantitative estimate of drug-likeness (QED) is 0.622. The first-order valence-electron chi connectivity index (χ1n) is 7.16. The van der Waals surface area contributed by atoms with Gasteiger partial charge in [0.25, 0.3) is 0 Å². The molecule has 0 aromatic heterocycles. The van der Waals surface area contributed by atoms with Gasteiger partial charge in [0.05, 0.1) is 0 Å². The molecule has 0 radical (unpaired) electrons. The largest absolute Gasteiger partial charge is 0.399 e. The molecule has 0 saturated carbocycles. The van der Waals surface area contributed by atoms with Crippen LogP contribution in [0.2, 0.25) is 0 Å². The molecule has 0 saturated heterocycles. The van der Waals surface area contributed by atoms with E-state index in [1.807, 2.05) is 36.4 Å². The molecule has 0 heterocycles. The van der Waals surface area contributed by atoms with E-state index in [2.05, 4.69) is 31.2 Å². The lowest BCUT2D eigenvalue weighted by Gasteiger charge is -2.14. The van der Waals surface area contributed by atoms with Gasteiger partial charge in [0, 0.05) is 28.2 Å². The van der Waals surface area contributed by atoms with Crippen molar-refractivity contribution in [2.75, 3.05) is 17.2 Å². The maximum absolute atomic E-state index is 6.41.